The summed E-state index contributed by atoms with van der Waals surface area (Å²) in [6.45, 7) is 0. The zero-order chi connectivity index (χ0) is 15.0. The van der Waals surface area contributed by atoms with Gasteiger partial charge in [0, 0.05) is 19.8 Å². The van der Waals surface area contributed by atoms with Gasteiger partial charge < -0.3 is 16.0 Å². The number of nitrogens with two attached hydrogens (primary N) is 1. The molecule has 0 bridgehead atoms. The molecule has 0 aliphatic rings. The Labute approximate surface area is 129 Å². The van der Waals surface area contributed by atoms with Crippen LogP contribution in [-0.4, -0.2) is 30.0 Å². The summed E-state index contributed by atoms with van der Waals surface area (Å²) < 4.78 is 1.03. The van der Waals surface area contributed by atoms with Gasteiger partial charge in [0.1, 0.15) is 10.7 Å². The van der Waals surface area contributed by atoms with Crippen molar-refractivity contribution in [3.63, 3.8) is 0 Å². The fourth-order valence-electron chi connectivity index (χ4n) is 1.79. The first kappa shape index (κ1) is 13.8. The van der Waals surface area contributed by atoms with Crippen LogP contribution in [0.3, 0.4) is 0 Å². The van der Waals surface area contributed by atoms with Gasteiger partial charge in [0.2, 0.25) is 0 Å². The Hall–Kier alpha value is -2.19. The number of hydrogen-bond acceptors (Lipinski definition) is 7. The predicted octanol–water partition coefficient (Wildman–Crippen LogP) is 2.65. The topological polar surface area (TPSA) is 84.1 Å². The lowest BCUT2D eigenvalue weighted by Crippen LogP contribution is -2.12. The summed E-state index contributed by atoms with van der Waals surface area (Å²) in [5.74, 6) is 0.00188. The van der Waals surface area contributed by atoms with Crippen LogP contribution < -0.4 is 16.0 Å². The lowest BCUT2D eigenvalue weighted by atomic mass is 10.3. The molecule has 2 aromatic heterocycles. The average molecular weight is 319 g/mol. The summed E-state index contributed by atoms with van der Waals surface area (Å²) in [7, 11) is 3.72. The van der Waals surface area contributed by atoms with Crippen LogP contribution in [0, 0.1) is 0 Å². The molecule has 0 fully saturated rings. The van der Waals surface area contributed by atoms with Crippen LogP contribution in [0.25, 0.3) is 10.2 Å². The lowest BCUT2D eigenvalue weighted by Gasteiger charge is -2.05. The van der Waals surface area contributed by atoms with Crippen LogP contribution in [0.5, 0.6) is 0 Å². The van der Waals surface area contributed by atoms with Crippen molar-refractivity contribution in [3.8, 4) is 0 Å². The number of nitrogens with zero attached hydrogens (tertiary/aromatic N) is 3. The molecule has 3 rings (SSSR count). The summed E-state index contributed by atoms with van der Waals surface area (Å²) in [4.78, 5) is 22.9. The number of nitrogen functional groups attached to an aromatic ring is 1. The van der Waals surface area contributed by atoms with E-state index in [1.165, 1.54) is 22.7 Å². The predicted molar refractivity (Wildman–Crippen MR) is 88.4 cm³/mol. The second-order valence-corrected chi connectivity index (χ2v) is 6.46. The van der Waals surface area contributed by atoms with Crippen LogP contribution >= 0.6 is 22.7 Å². The molecule has 0 radical (unpaired) electrons. The number of nitrogens with one attached hydrogen (secondary N) is 1. The van der Waals surface area contributed by atoms with Gasteiger partial charge in [0.15, 0.2) is 5.13 Å². The number of anilines is 3. The molecule has 0 spiro atoms. The smallest absolute Gasteiger partial charge is 0.269 e. The number of carbonyl (C=O) groups excluding carboxylic acids is 1. The zero-order valence-corrected chi connectivity index (χ0v) is 13.1. The Balaban J connectivity index is 1.85. The SMILES string of the molecule is CN(C)c1nc(N)c(C(=O)Nc2ccc3ncsc3c2)s1. The molecule has 0 saturated heterocycles. The van der Waals surface area contributed by atoms with E-state index in [4.69, 9.17) is 5.73 Å². The van der Waals surface area contributed by atoms with E-state index >= 15 is 0 Å². The second kappa shape index (κ2) is 5.30. The average Bonchev–Trinajstić information content (AvgIpc) is 3.04. The van der Waals surface area contributed by atoms with Crippen molar-refractivity contribution in [2.45, 2.75) is 0 Å². The molecule has 3 N–H and O–H groups in total. The molecule has 0 unspecified atom stereocenters. The van der Waals surface area contributed by atoms with E-state index in [2.05, 4.69) is 15.3 Å². The molecule has 1 aromatic carbocycles. The van der Waals surface area contributed by atoms with E-state index in [1.807, 2.05) is 37.2 Å². The highest BCUT2D eigenvalue weighted by Gasteiger charge is 2.17. The van der Waals surface area contributed by atoms with Gasteiger partial charge in [-0.3, -0.25) is 4.79 Å². The van der Waals surface area contributed by atoms with E-state index < -0.39 is 0 Å². The first-order valence-corrected chi connectivity index (χ1v) is 7.82. The molecule has 0 aliphatic heterocycles. The van der Waals surface area contributed by atoms with Gasteiger partial charge in [0.25, 0.3) is 5.91 Å². The van der Waals surface area contributed by atoms with Crippen molar-refractivity contribution < 1.29 is 4.79 Å². The number of amides is 1. The van der Waals surface area contributed by atoms with E-state index in [-0.39, 0.29) is 11.7 Å². The zero-order valence-electron chi connectivity index (χ0n) is 11.5. The van der Waals surface area contributed by atoms with Crippen molar-refractivity contribution in [1.82, 2.24) is 9.97 Å². The van der Waals surface area contributed by atoms with E-state index in [9.17, 15) is 4.79 Å². The minimum Gasteiger partial charge on any atom is -0.382 e. The largest absolute Gasteiger partial charge is 0.382 e. The number of fused-ring (bicyclic) bond motifs is 1. The van der Waals surface area contributed by atoms with Gasteiger partial charge in [-0.1, -0.05) is 11.3 Å². The number of rotatable bonds is 3. The first-order chi connectivity index (χ1) is 10.0. The summed E-state index contributed by atoms with van der Waals surface area (Å²) in [6.07, 6.45) is 0. The number of benzene rings is 1. The third-order valence-corrected chi connectivity index (χ3v) is 4.85. The van der Waals surface area contributed by atoms with E-state index in [0.717, 1.165) is 15.9 Å². The number of thiazole rings is 2. The summed E-state index contributed by atoms with van der Waals surface area (Å²) in [6, 6.07) is 5.60. The molecular formula is C13H13N5OS2. The van der Waals surface area contributed by atoms with Gasteiger partial charge >= 0.3 is 0 Å². The van der Waals surface area contributed by atoms with Crippen LogP contribution in [0.1, 0.15) is 9.67 Å². The molecular weight excluding hydrogens is 306 g/mol. The monoisotopic (exact) mass is 319 g/mol. The lowest BCUT2D eigenvalue weighted by molar-refractivity contribution is 0.103. The molecule has 0 saturated carbocycles. The van der Waals surface area contributed by atoms with Crippen LogP contribution in [-0.2, 0) is 0 Å². The van der Waals surface area contributed by atoms with Gasteiger partial charge in [0.05, 0.1) is 15.7 Å². The summed E-state index contributed by atoms with van der Waals surface area (Å²) in [5, 5.41) is 3.55. The van der Waals surface area contributed by atoms with Crippen molar-refractivity contribution in [2.24, 2.45) is 0 Å². The van der Waals surface area contributed by atoms with Crippen molar-refractivity contribution >= 4 is 55.4 Å². The van der Waals surface area contributed by atoms with E-state index in [1.54, 1.807) is 5.51 Å². The molecule has 108 valence electrons. The second-order valence-electron chi connectivity index (χ2n) is 4.59. The van der Waals surface area contributed by atoms with Gasteiger partial charge in [-0.2, -0.15) is 0 Å². The minimum absolute atomic E-state index is 0.248. The highest BCUT2D eigenvalue weighted by atomic mass is 32.1. The Morgan fingerprint density at radius 3 is 2.90 bits per heavy atom. The molecule has 0 aliphatic carbocycles. The quantitative estimate of drug-likeness (QED) is 0.775. The minimum atomic E-state index is -0.248. The highest BCUT2D eigenvalue weighted by Crippen LogP contribution is 2.28. The maximum absolute atomic E-state index is 12.3. The molecule has 8 heteroatoms. The maximum atomic E-state index is 12.3. The third-order valence-electron chi connectivity index (χ3n) is 2.82. The molecule has 0 atom stereocenters. The highest BCUT2D eigenvalue weighted by molar-refractivity contribution is 7.18. The third kappa shape index (κ3) is 2.67. The van der Waals surface area contributed by atoms with Crippen molar-refractivity contribution in [1.29, 1.82) is 0 Å². The van der Waals surface area contributed by atoms with E-state index in [0.29, 0.717) is 10.0 Å². The van der Waals surface area contributed by atoms with Crippen LogP contribution in [0.15, 0.2) is 23.7 Å². The Bertz CT molecular complexity index is 808. The fourth-order valence-corrected chi connectivity index (χ4v) is 3.31. The number of aromatic nitrogens is 2. The summed E-state index contributed by atoms with van der Waals surface area (Å²) in [5.41, 5.74) is 9.23. The Morgan fingerprint density at radius 1 is 1.38 bits per heavy atom. The summed E-state index contributed by atoms with van der Waals surface area (Å²) >= 11 is 2.80. The first-order valence-electron chi connectivity index (χ1n) is 6.13. The molecule has 1 amide bonds. The maximum Gasteiger partial charge on any atom is 0.269 e. The Morgan fingerprint density at radius 2 is 2.19 bits per heavy atom. The molecule has 21 heavy (non-hydrogen) atoms. The van der Waals surface area contributed by atoms with Crippen molar-refractivity contribution in [3.05, 3.63) is 28.6 Å². The standard InChI is InChI=1S/C13H13N5OS2/c1-18(2)13-17-11(14)10(21-13)12(19)16-7-3-4-8-9(5-7)20-6-15-8/h3-6H,14H2,1-2H3,(H,16,19). The van der Waals surface area contributed by atoms with Gasteiger partial charge in [-0.25, -0.2) is 9.97 Å². The fraction of sp³-hybridized carbons (Fsp3) is 0.154. The normalized spacial score (nSPS) is 10.8. The molecule has 2 heterocycles. The van der Waals surface area contributed by atoms with Crippen LogP contribution in [0.4, 0.5) is 16.6 Å². The molecule has 3 aromatic rings. The number of carbonyl (C=O) groups is 1. The molecule has 6 nitrogen and oxygen atoms in total. The van der Waals surface area contributed by atoms with Gasteiger partial charge in [-0.05, 0) is 18.2 Å². The Kier molecular flexibility index (Phi) is 3.48. The van der Waals surface area contributed by atoms with Crippen LogP contribution in [0.2, 0.25) is 0 Å². The van der Waals surface area contributed by atoms with Gasteiger partial charge in [-0.15, -0.1) is 11.3 Å². The van der Waals surface area contributed by atoms with Crippen molar-refractivity contribution in [2.75, 3.05) is 30.0 Å². The number of hydrogen-bond donors (Lipinski definition) is 2.